The van der Waals surface area contributed by atoms with Crippen molar-refractivity contribution in [3.8, 4) is 5.75 Å². The number of hydrogen-bond donors (Lipinski definition) is 0. The lowest BCUT2D eigenvalue weighted by Gasteiger charge is -2.34. The molecule has 0 spiro atoms. The van der Waals surface area contributed by atoms with Crippen LogP contribution in [-0.4, -0.2) is 52.9 Å². The van der Waals surface area contributed by atoms with Gasteiger partial charge in [0.25, 0.3) is 11.8 Å². The number of amides is 2. The van der Waals surface area contributed by atoms with Gasteiger partial charge in [0.05, 0.1) is 10.4 Å². The zero-order valence-electron chi connectivity index (χ0n) is 17.9. The molecule has 0 aliphatic carbocycles. The van der Waals surface area contributed by atoms with Gasteiger partial charge < -0.3 is 19.1 Å². The van der Waals surface area contributed by atoms with E-state index < -0.39 is 0 Å². The Morgan fingerprint density at radius 2 is 1.65 bits per heavy atom. The Kier molecular flexibility index (Phi) is 6.08. The molecule has 0 unspecified atom stereocenters. The third-order valence-corrected chi connectivity index (χ3v) is 6.40. The SMILES string of the molecule is Cc1cccc(C)c1OCc1c(C(=O)N2CCN(C(=O)c3cccs3)CC2)noc1C. The molecule has 1 fully saturated rings. The predicted molar refractivity (Wildman–Crippen MR) is 118 cm³/mol. The van der Waals surface area contributed by atoms with E-state index in [4.69, 9.17) is 9.26 Å². The van der Waals surface area contributed by atoms with Gasteiger partial charge in [-0.1, -0.05) is 29.4 Å². The van der Waals surface area contributed by atoms with Gasteiger partial charge in [0.15, 0.2) is 5.69 Å². The van der Waals surface area contributed by atoms with Gasteiger partial charge in [-0.15, -0.1) is 11.3 Å². The summed E-state index contributed by atoms with van der Waals surface area (Å²) in [4.78, 5) is 29.9. The molecule has 162 valence electrons. The van der Waals surface area contributed by atoms with Gasteiger partial charge in [0, 0.05) is 26.2 Å². The van der Waals surface area contributed by atoms with Gasteiger partial charge in [-0.05, 0) is 43.3 Å². The highest BCUT2D eigenvalue weighted by Gasteiger charge is 2.30. The molecule has 2 aromatic heterocycles. The monoisotopic (exact) mass is 439 g/mol. The van der Waals surface area contributed by atoms with Crippen molar-refractivity contribution in [3.63, 3.8) is 0 Å². The van der Waals surface area contributed by atoms with Crippen molar-refractivity contribution in [1.82, 2.24) is 15.0 Å². The molecule has 0 radical (unpaired) electrons. The number of carbonyl (C=O) groups is 2. The van der Waals surface area contributed by atoms with Gasteiger partial charge in [0.2, 0.25) is 0 Å². The molecule has 0 atom stereocenters. The first kappa shape index (κ1) is 21.1. The van der Waals surface area contributed by atoms with Crippen molar-refractivity contribution < 1.29 is 18.8 Å². The topological polar surface area (TPSA) is 75.9 Å². The first-order valence-corrected chi connectivity index (χ1v) is 11.1. The van der Waals surface area contributed by atoms with E-state index in [0.717, 1.165) is 21.8 Å². The van der Waals surface area contributed by atoms with Crippen molar-refractivity contribution in [1.29, 1.82) is 0 Å². The third-order valence-electron chi connectivity index (χ3n) is 5.54. The lowest BCUT2D eigenvalue weighted by molar-refractivity contribution is 0.0531. The maximum Gasteiger partial charge on any atom is 0.276 e. The van der Waals surface area contributed by atoms with E-state index in [1.807, 2.05) is 49.6 Å². The number of carbonyl (C=O) groups excluding carboxylic acids is 2. The summed E-state index contributed by atoms with van der Waals surface area (Å²) < 4.78 is 11.4. The molecular weight excluding hydrogens is 414 g/mol. The van der Waals surface area contributed by atoms with E-state index in [9.17, 15) is 9.59 Å². The second-order valence-electron chi connectivity index (χ2n) is 7.64. The minimum absolute atomic E-state index is 0.0158. The molecular formula is C23H25N3O4S. The normalized spacial score (nSPS) is 14.0. The lowest BCUT2D eigenvalue weighted by atomic mass is 10.1. The van der Waals surface area contributed by atoms with Crippen LogP contribution in [0.1, 0.15) is 42.6 Å². The van der Waals surface area contributed by atoms with E-state index in [1.54, 1.807) is 16.7 Å². The number of nitrogens with zero attached hydrogens (tertiary/aromatic N) is 3. The minimum Gasteiger partial charge on any atom is -0.488 e. The number of aryl methyl sites for hydroxylation is 3. The molecule has 1 aromatic carbocycles. The number of thiophene rings is 1. The average molecular weight is 440 g/mol. The second-order valence-corrected chi connectivity index (χ2v) is 8.58. The van der Waals surface area contributed by atoms with Crippen LogP contribution in [0.3, 0.4) is 0 Å². The van der Waals surface area contributed by atoms with E-state index in [2.05, 4.69) is 5.16 Å². The summed E-state index contributed by atoms with van der Waals surface area (Å²) in [6, 6.07) is 9.66. The summed E-state index contributed by atoms with van der Waals surface area (Å²) >= 11 is 1.43. The van der Waals surface area contributed by atoms with Crippen LogP contribution in [0, 0.1) is 20.8 Å². The summed E-state index contributed by atoms with van der Waals surface area (Å²) in [6.07, 6.45) is 0. The maximum absolute atomic E-state index is 13.1. The van der Waals surface area contributed by atoms with Crippen LogP contribution < -0.4 is 4.74 Å². The highest BCUT2D eigenvalue weighted by molar-refractivity contribution is 7.12. The Balaban J connectivity index is 1.42. The number of rotatable bonds is 5. The molecule has 4 rings (SSSR count). The Hall–Kier alpha value is -3.13. The quantitative estimate of drug-likeness (QED) is 0.604. The molecule has 0 saturated carbocycles. The zero-order valence-corrected chi connectivity index (χ0v) is 18.7. The fourth-order valence-corrected chi connectivity index (χ4v) is 4.41. The summed E-state index contributed by atoms with van der Waals surface area (Å²) in [6.45, 7) is 7.88. The van der Waals surface area contributed by atoms with Gasteiger partial charge in [-0.3, -0.25) is 9.59 Å². The van der Waals surface area contributed by atoms with Crippen LogP contribution in [0.15, 0.2) is 40.2 Å². The molecule has 1 saturated heterocycles. The maximum atomic E-state index is 13.1. The van der Waals surface area contributed by atoms with E-state index in [1.165, 1.54) is 11.3 Å². The van der Waals surface area contributed by atoms with Gasteiger partial charge in [0.1, 0.15) is 18.1 Å². The Bertz CT molecular complexity index is 1060. The van der Waals surface area contributed by atoms with Crippen LogP contribution in [0.5, 0.6) is 5.75 Å². The Labute approximate surface area is 185 Å². The summed E-state index contributed by atoms with van der Waals surface area (Å²) in [7, 11) is 0. The summed E-state index contributed by atoms with van der Waals surface area (Å²) in [5.41, 5.74) is 3.01. The first-order valence-electron chi connectivity index (χ1n) is 10.2. The number of hydrogen-bond acceptors (Lipinski definition) is 6. The summed E-state index contributed by atoms with van der Waals surface area (Å²) in [5, 5.41) is 5.91. The highest BCUT2D eigenvalue weighted by atomic mass is 32.1. The number of ether oxygens (including phenoxy) is 1. The Morgan fingerprint density at radius 3 is 2.26 bits per heavy atom. The molecule has 0 bridgehead atoms. The van der Waals surface area contributed by atoms with Crippen LogP contribution in [-0.2, 0) is 6.61 Å². The Morgan fingerprint density at radius 1 is 1.00 bits per heavy atom. The van der Waals surface area contributed by atoms with Gasteiger partial charge in [-0.25, -0.2) is 0 Å². The number of para-hydroxylation sites is 1. The molecule has 1 aliphatic rings. The fraction of sp³-hybridized carbons (Fsp3) is 0.348. The second kappa shape index (κ2) is 8.93. The standard InChI is InChI=1S/C23H25N3O4S/c1-15-6-4-7-16(2)21(15)29-14-18-17(3)30-24-20(18)23(28)26-11-9-25(10-12-26)22(27)19-8-5-13-31-19/h4-8,13H,9-12,14H2,1-3H3. The molecule has 7 nitrogen and oxygen atoms in total. The van der Waals surface area contributed by atoms with Crippen LogP contribution in [0.4, 0.5) is 0 Å². The smallest absolute Gasteiger partial charge is 0.276 e. The van der Waals surface area contributed by atoms with Crippen LogP contribution >= 0.6 is 11.3 Å². The van der Waals surface area contributed by atoms with E-state index >= 15 is 0 Å². The minimum atomic E-state index is -0.194. The molecule has 8 heteroatoms. The van der Waals surface area contributed by atoms with E-state index in [-0.39, 0.29) is 24.1 Å². The average Bonchev–Trinajstić information content (AvgIpc) is 3.43. The number of piperazine rings is 1. The zero-order chi connectivity index (χ0) is 22.0. The molecule has 1 aliphatic heterocycles. The highest BCUT2D eigenvalue weighted by Crippen LogP contribution is 2.25. The van der Waals surface area contributed by atoms with Crippen LogP contribution in [0.2, 0.25) is 0 Å². The van der Waals surface area contributed by atoms with Gasteiger partial charge >= 0.3 is 0 Å². The van der Waals surface area contributed by atoms with Crippen LogP contribution in [0.25, 0.3) is 0 Å². The molecule has 3 aromatic rings. The lowest BCUT2D eigenvalue weighted by Crippen LogP contribution is -2.50. The summed E-state index contributed by atoms with van der Waals surface area (Å²) in [5.74, 6) is 1.20. The van der Waals surface area contributed by atoms with Crippen molar-refractivity contribution in [2.75, 3.05) is 26.2 Å². The van der Waals surface area contributed by atoms with Crippen molar-refractivity contribution in [3.05, 3.63) is 68.7 Å². The molecule has 31 heavy (non-hydrogen) atoms. The van der Waals surface area contributed by atoms with Gasteiger partial charge in [-0.2, -0.15) is 0 Å². The number of benzene rings is 1. The molecule has 3 heterocycles. The van der Waals surface area contributed by atoms with E-state index in [0.29, 0.717) is 37.5 Å². The molecule has 0 N–H and O–H groups in total. The molecule has 2 amide bonds. The fourth-order valence-electron chi connectivity index (χ4n) is 3.72. The third kappa shape index (κ3) is 4.34. The van der Waals surface area contributed by atoms with Crippen molar-refractivity contribution >= 4 is 23.2 Å². The van der Waals surface area contributed by atoms with Crippen molar-refractivity contribution in [2.45, 2.75) is 27.4 Å². The largest absolute Gasteiger partial charge is 0.488 e. The van der Waals surface area contributed by atoms with Crippen molar-refractivity contribution in [2.24, 2.45) is 0 Å². The predicted octanol–water partition coefficient (Wildman–Crippen LogP) is 3.84. The number of aromatic nitrogens is 1. The first-order chi connectivity index (χ1) is 15.0.